The van der Waals surface area contributed by atoms with Gasteiger partial charge < -0.3 is 10.1 Å². The average Bonchev–Trinajstić information content (AvgIpc) is 2.59. The first kappa shape index (κ1) is 18.6. The van der Waals surface area contributed by atoms with E-state index in [0.29, 0.717) is 0 Å². The van der Waals surface area contributed by atoms with Crippen LogP contribution in [0.1, 0.15) is 77.6 Å². The summed E-state index contributed by atoms with van der Waals surface area (Å²) in [4.78, 5) is 1.87. The number of nitrogens with one attached hydrogen (secondary N) is 2. The summed E-state index contributed by atoms with van der Waals surface area (Å²) in [6.45, 7) is 6.68. The molecule has 3 unspecified atom stereocenters. The van der Waals surface area contributed by atoms with Gasteiger partial charge in [0.25, 0.3) is 0 Å². The van der Waals surface area contributed by atoms with Crippen LogP contribution in [-0.2, 0) is 0 Å². The largest absolute Gasteiger partial charge is 0.600 e. The van der Waals surface area contributed by atoms with Crippen LogP contribution in [0.3, 0.4) is 0 Å². The topological polar surface area (TPSA) is 52.2 Å². The third-order valence-electron chi connectivity index (χ3n) is 7.51. The highest BCUT2D eigenvalue weighted by Crippen LogP contribution is 2.32. The molecular formula is C20H39N2O2+. The Balaban J connectivity index is 1.34. The van der Waals surface area contributed by atoms with Crippen molar-refractivity contribution in [2.24, 2.45) is 23.7 Å². The van der Waals surface area contributed by atoms with Crippen molar-refractivity contribution in [2.75, 3.05) is 19.6 Å². The van der Waals surface area contributed by atoms with Gasteiger partial charge in [-0.15, -0.1) is 0 Å². The Morgan fingerprint density at radius 1 is 0.917 bits per heavy atom. The molecule has 0 bridgehead atoms. The molecule has 0 aromatic heterocycles. The van der Waals surface area contributed by atoms with Crippen molar-refractivity contribution in [3.63, 3.8) is 0 Å². The SMILES string of the molecule is CC1CCCCC1C[NH+]1CCC(CC2CCC([NH+]([O-])O)CC2)CC1. The lowest BCUT2D eigenvalue weighted by atomic mass is 9.77. The van der Waals surface area contributed by atoms with E-state index in [4.69, 9.17) is 5.21 Å². The summed E-state index contributed by atoms with van der Waals surface area (Å²) in [7, 11) is 0. The molecule has 0 radical (unpaired) electrons. The van der Waals surface area contributed by atoms with Gasteiger partial charge in [-0.3, -0.25) is 0 Å². The maximum atomic E-state index is 11.1. The Hall–Kier alpha value is -0.160. The van der Waals surface area contributed by atoms with Crippen molar-refractivity contribution in [3.8, 4) is 0 Å². The zero-order valence-electron chi connectivity index (χ0n) is 15.6. The van der Waals surface area contributed by atoms with E-state index in [1.165, 1.54) is 64.6 Å². The van der Waals surface area contributed by atoms with Gasteiger partial charge in [0, 0.05) is 18.8 Å². The molecule has 140 valence electrons. The molecule has 3 fully saturated rings. The molecule has 1 aliphatic heterocycles. The number of piperidine rings is 1. The fraction of sp³-hybridized carbons (Fsp3) is 1.00. The molecule has 3 N–H and O–H groups in total. The number of hydroxylamine groups is 2. The van der Waals surface area contributed by atoms with Gasteiger partial charge in [0.05, 0.1) is 19.6 Å². The molecule has 0 aromatic carbocycles. The summed E-state index contributed by atoms with van der Waals surface area (Å²) in [6.07, 6.45) is 14.2. The molecule has 3 atom stereocenters. The predicted octanol–water partition coefficient (Wildman–Crippen LogP) is 1.83. The van der Waals surface area contributed by atoms with E-state index in [-0.39, 0.29) is 6.04 Å². The van der Waals surface area contributed by atoms with Gasteiger partial charge >= 0.3 is 0 Å². The van der Waals surface area contributed by atoms with Gasteiger partial charge in [0.1, 0.15) is 6.04 Å². The molecule has 4 heteroatoms. The molecule has 0 amide bonds. The lowest BCUT2D eigenvalue weighted by molar-refractivity contribution is -1.07. The summed E-state index contributed by atoms with van der Waals surface area (Å²) >= 11 is 0. The first-order valence-corrected chi connectivity index (χ1v) is 10.7. The van der Waals surface area contributed by atoms with E-state index in [2.05, 4.69) is 6.92 Å². The Labute approximate surface area is 148 Å². The minimum absolute atomic E-state index is 0.0509. The van der Waals surface area contributed by atoms with Crippen LogP contribution < -0.4 is 10.1 Å². The highest BCUT2D eigenvalue weighted by Gasteiger charge is 2.31. The number of likely N-dealkylation sites (tertiary alicyclic amines) is 1. The predicted molar refractivity (Wildman–Crippen MR) is 95.9 cm³/mol. The Morgan fingerprint density at radius 3 is 2.17 bits per heavy atom. The van der Waals surface area contributed by atoms with Crippen molar-refractivity contribution < 1.29 is 15.3 Å². The van der Waals surface area contributed by atoms with Crippen molar-refractivity contribution in [2.45, 2.75) is 83.6 Å². The van der Waals surface area contributed by atoms with Crippen molar-refractivity contribution in [1.29, 1.82) is 0 Å². The minimum Gasteiger partial charge on any atom is -0.600 e. The second-order valence-electron chi connectivity index (χ2n) is 9.21. The van der Waals surface area contributed by atoms with Crippen LogP contribution in [0.15, 0.2) is 0 Å². The molecule has 0 aromatic rings. The van der Waals surface area contributed by atoms with Crippen molar-refractivity contribution in [1.82, 2.24) is 0 Å². The normalized spacial score (nSPS) is 42.6. The number of hydrogen-bond donors (Lipinski definition) is 3. The van der Waals surface area contributed by atoms with Crippen LogP contribution in [0, 0.1) is 28.9 Å². The Morgan fingerprint density at radius 2 is 1.54 bits per heavy atom. The summed E-state index contributed by atoms with van der Waals surface area (Å²) in [5.74, 6) is 3.67. The van der Waals surface area contributed by atoms with Crippen molar-refractivity contribution in [3.05, 3.63) is 5.21 Å². The lowest BCUT2D eigenvalue weighted by Gasteiger charge is -2.37. The zero-order valence-corrected chi connectivity index (χ0v) is 15.6. The van der Waals surface area contributed by atoms with E-state index in [9.17, 15) is 5.21 Å². The number of hydrogen-bond acceptors (Lipinski definition) is 2. The van der Waals surface area contributed by atoms with Gasteiger partial charge in [-0.05, 0) is 56.3 Å². The monoisotopic (exact) mass is 339 g/mol. The molecule has 1 heterocycles. The fourth-order valence-corrected chi connectivity index (χ4v) is 5.71. The lowest BCUT2D eigenvalue weighted by Crippen LogP contribution is -3.13. The van der Waals surface area contributed by atoms with Gasteiger partial charge in [-0.1, -0.05) is 26.2 Å². The summed E-state index contributed by atoms with van der Waals surface area (Å²) in [5, 5.41) is 19.6. The number of rotatable bonds is 5. The third kappa shape index (κ3) is 5.17. The Bertz CT molecular complexity index is 361. The summed E-state index contributed by atoms with van der Waals surface area (Å²) in [6, 6.07) is -0.0509. The fourth-order valence-electron chi connectivity index (χ4n) is 5.71. The van der Waals surface area contributed by atoms with E-state index in [1.54, 1.807) is 0 Å². The summed E-state index contributed by atoms with van der Waals surface area (Å²) < 4.78 is 0. The first-order valence-electron chi connectivity index (χ1n) is 10.7. The molecule has 1 saturated heterocycles. The van der Waals surface area contributed by atoms with E-state index in [0.717, 1.165) is 49.4 Å². The van der Waals surface area contributed by atoms with Crippen LogP contribution in [-0.4, -0.2) is 30.9 Å². The van der Waals surface area contributed by atoms with Crippen LogP contribution in [0.4, 0.5) is 0 Å². The second kappa shape index (κ2) is 8.98. The average molecular weight is 340 g/mol. The molecule has 2 saturated carbocycles. The maximum Gasteiger partial charge on any atom is 0.117 e. The van der Waals surface area contributed by atoms with Gasteiger partial charge in [0.2, 0.25) is 0 Å². The van der Waals surface area contributed by atoms with Gasteiger partial charge in [-0.2, -0.15) is 0 Å². The van der Waals surface area contributed by atoms with Crippen LogP contribution in [0.25, 0.3) is 0 Å². The first-order chi connectivity index (χ1) is 11.6. The third-order valence-corrected chi connectivity index (χ3v) is 7.51. The smallest absolute Gasteiger partial charge is 0.117 e. The van der Waals surface area contributed by atoms with Crippen LogP contribution in [0.2, 0.25) is 0 Å². The van der Waals surface area contributed by atoms with E-state index in [1.807, 2.05) is 4.90 Å². The molecule has 24 heavy (non-hydrogen) atoms. The molecule has 0 spiro atoms. The van der Waals surface area contributed by atoms with E-state index < -0.39 is 5.23 Å². The van der Waals surface area contributed by atoms with E-state index >= 15 is 0 Å². The molecule has 3 aliphatic rings. The minimum atomic E-state index is -0.567. The zero-order chi connectivity index (χ0) is 16.9. The van der Waals surface area contributed by atoms with Crippen molar-refractivity contribution >= 4 is 0 Å². The maximum absolute atomic E-state index is 11.1. The molecular weight excluding hydrogens is 300 g/mol. The molecule has 3 rings (SSSR count). The summed E-state index contributed by atoms with van der Waals surface area (Å²) in [5.41, 5.74) is 0. The van der Waals surface area contributed by atoms with Crippen LogP contribution >= 0.6 is 0 Å². The van der Waals surface area contributed by atoms with Crippen LogP contribution in [0.5, 0.6) is 0 Å². The quantitative estimate of drug-likeness (QED) is 0.669. The standard InChI is InChI=1S/C20H38N2O2/c1-16-4-2-3-5-19(16)15-21-12-10-18(11-13-21)14-17-6-8-20(9-7-17)22(23)24/h16-20,22-23H,2-15H2,1H3/p+1. The molecule has 4 nitrogen and oxygen atoms in total. The number of quaternary nitrogens is 2. The highest BCUT2D eigenvalue weighted by atomic mass is 16.8. The van der Waals surface area contributed by atoms with Gasteiger partial charge in [-0.25, -0.2) is 10.4 Å². The molecule has 2 aliphatic carbocycles. The Kier molecular flexibility index (Phi) is 6.97. The second-order valence-corrected chi connectivity index (χ2v) is 9.21. The highest BCUT2D eigenvalue weighted by molar-refractivity contribution is 4.76. The van der Waals surface area contributed by atoms with Gasteiger partial charge in [0.15, 0.2) is 0 Å².